The Labute approximate surface area is 93.7 Å². The van der Waals surface area contributed by atoms with Crippen molar-refractivity contribution in [2.75, 3.05) is 13.1 Å². The minimum absolute atomic E-state index is 0.612. The van der Waals surface area contributed by atoms with Crippen molar-refractivity contribution in [3.05, 3.63) is 23.0 Å². The maximum absolute atomic E-state index is 3.35. The molecule has 2 nitrogen and oxygen atoms in total. The Bertz CT molecular complexity index is 295. The van der Waals surface area contributed by atoms with E-state index in [0.29, 0.717) is 5.92 Å². The average Bonchev–Trinajstić information content (AvgIpc) is 2.56. The van der Waals surface area contributed by atoms with Gasteiger partial charge in [0.25, 0.3) is 0 Å². The predicted molar refractivity (Wildman–Crippen MR) is 66.2 cm³/mol. The van der Waals surface area contributed by atoms with Crippen LogP contribution in [0.1, 0.15) is 50.4 Å². The maximum Gasteiger partial charge on any atom is 0.0254 e. The highest BCUT2D eigenvalue weighted by Gasteiger charge is 2.13. The summed E-state index contributed by atoms with van der Waals surface area (Å²) in [7, 11) is 0. The van der Waals surface area contributed by atoms with Crippen molar-refractivity contribution in [2.45, 2.75) is 47.1 Å². The first kappa shape index (κ1) is 12.3. The van der Waals surface area contributed by atoms with E-state index in [1.165, 1.54) is 16.8 Å². The molecule has 2 heteroatoms. The van der Waals surface area contributed by atoms with Crippen molar-refractivity contribution in [2.24, 2.45) is 0 Å². The number of aryl methyl sites for hydroxylation is 1. The summed E-state index contributed by atoms with van der Waals surface area (Å²) in [5.74, 6) is 0.612. The predicted octanol–water partition coefficient (Wildman–Crippen LogP) is 3.29. The minimum Gasteiger partial charge on any atom is -0.365 e. The molecule has 0 aliphatic heterocycles. The summed E-state index contributed by atoms with van der Waals surface area (Å²) in [5, 5.41) is 0. The fraction of sp³-hybridized carbons (Fsp3) is 0.692. The van der Waals surface area contributed by atoms with Crippen molar-refractivity contribution < 1.29 is 0 Å². The fourth-order valence-electron chi connectivity index (χ4n) is 1.97. The summed E-state index contributed by atoms with van der Waals surface area (Å²) in [6, 6.07) is 0. The van der Waals surface area contributed by atoms with Crippen LogP contribution in [0, 0.1) is 6.92 Å². The Balaban J connectivity index is 2.87. The van der Waals surface area contributed by atoms with Crippen molar-refractivity contribution >= 4 is 0 Å². The van der Waals surface area contributed by atoms with Crippen LogP contribution in [-0.2, 0) is 6.54 Å². The number of hydrogen-bond donors (Lipinski definition) is 1. The van der Waals surface area contributed by atoms with Crippen LogP contribution in [0.4, 0.5) is 0 Å². The van der Waals surface area contributed by atoms with Gasteiger partial charge in [-0.2, -0.15) is 0 Å². The third kappa shape index (κ3) is 2.85. The molecule has 0 bridgehead atoms. The van der Waals surface area contributed by atoms with Crippen molar-refractivity contribution in [1.82, 2.24) is 9.88 Å². The van der Waals surface area contributed by atoms with Gasteiger partial charge in [-0.05, 0) is 37.1 Å². The largest absolute Gasteiger partial charge is 0.365 e. The third-order valence-corrected chi connectivity index (χ3v) is 3.14. The summed E-state index contributed by atoms with van der Waals surface area (Å²) in [6.45, 7) is 14.5. The van der Waals surface area contributed by atoms with Crippen LogP contribution in [0.5, 0.6) is 0 Å². The van der Waals surface area contributed by atoms with Crippen molar-refractivity contribution in [3.8, 4) is 0 Å². The molecule has 15 heavy (non-hydrogen) atoms. The van der Waals surface area contributed by atoms with E-state index >= 15 is 0 Å². The Morgan fingerprint density at radius 1 is 1.27 bits per heavy atom. The Hall–Kier alpha value is -0.760. The average molecular weight is 208 g/mol. The van der Waals surface area contributed by atoms with Gasteiger partial charge in [-0.25, -0.2) is 0 Å². The van der Waals surface area contributed by atoms with E-state index < -0.39 is 0 Å². The van der Waals surface area contributed by atoms with Gasteiger partial charge in [0, 0.05) is 18.4 Å². The van der Waals surface area contributed by atoms with Crippen molar-refractivity contribution in [1.29, 1.82) is 0 Å². The molecule has 0 amide bonds. The number of aromatic amines is 1. The Morgan fingerprint density at radius 3 is 2.33 bits per heavy atom. The Morgan fingerprint density at radius 2 is 1.87 bits per heavy atom. The van der Waals surface area contributed by atoms with Gasteiger partial charge in [-0.1, -0.05) is 27.7 Å². The van der Waals surface area contributed by atoms with E-state index in [4.69, 9.17) is 0 Å². The van der Waals surface area contributed by atoms with Crippen LogP contribution in [-0.4, -0.2) is 23.0 Å². The molecule has 0 saturated carbocycles. The van der Waals surface area contributed by atoms with Crippen LogP contribution >= 0.6 is 0 Å². The van der Waals surface area contributed by atoms with Gasteiger partial charge in [-0.3, -0.25) is 4.90 Å². The lowest BCUT2D eigenvalue weighted by Gasteiger charge is -2.19. The quantitative estimate of drug-likeness (QED) is 0.786. The molecule has 1 aromatic rings. The zero-order valence-electron chi connectivity index (χ0n) is 10.7. The Kier molecular flexibility index (Phi) is 4.40. The van der Waals surface area contributed by atoms with E-state index in [2.05, 4.69) is 50.7 Å². The topological polar surface area (TPSA) is 19.0 Å². The summed E-state index contributed by atoms with van der Waals surface area (Å²) in [5.41, 5.74) is 4.29. The van der Waals surface area contributed by atoms with E-state index in [0.717, 1.165) is 19.6 Å². The summed E-state index contributed by atoms with van der Waals surface area (Å²) >= 11 is 0. The molecule has 0 fully saturated rings. The van der Waals surface area contributed by atoms with Crippen LogP contribution in [0.15, 0.2) is 6.20 Å². The molecule has 0 aliphatic carbocycles. The second kappa shape index (κ2) is 5.36. The fourth-order valence-corrected chi connectivity index (χ4v) is 1.97. The highest BCUT2D eigenvalue weighted by atomic mass is 15.1. The van der Waals surface area contributed by atoms with Gasteiger partial charge in [0.05, 0.1) is 0 Å². The lowest BCUT2D eigenvalue weighted by Crippen LogP contribution is -2.23. The normalized spacial score (nSPS) is 11.7. The van der Waals surface area contributed by atoms with Gasteiger partial charge >= 0.3 is 0 Å². The number of aromatic nitrogens is 1. The second-order valence-corrected chi connectivity index (χ2v) is 4.46. The summed E-state index contributed by atoms with van der Waals surface area (Å²) in [6.07, 6.45) is 2.17. The summed E-state index contributed by atoms with van der Waals surface area (Å²) in [4.78, 5) is 5.81. The first-order valence-corrected chi connectivity index (χ1v) is 5.99. The summed E-state index contributed by atoms with van der Waals surface area (Å²) < 4.78 is 0. The lowest BCUT2D eigenvalue weighted by atomic mass is 10.0. The number of nitrogens with zero attached hydrogens (tertiary/aromatic N) is 1. The number of rotatable bonds is 5. The van der Waals surface area contributed by atoms with E-state index in [-0.39, 0.29) is 0 Å². The zero-order valence-corrected chi connectivity index (χ0v) is 10.7. The number of hydrogen-bond acceptors (Lipinski definition) is 1. The first-order valence-electron chi connectivity index (χ1n) is 5.99. The third-order valence-electron chi connectivity index (χ3n) is 3.14. The van der Waals surface area contributed by atoms with E-state index in [9.17, 15) is 0 Å². The molecule has 0 atom stereocenters. The van der Waals surface area contributed by atoms with E-state index in [1.54, 1.807) is 0 Å². The second-order valence-electron chi connectivity index (χ2n) is 4.46. The maximum atomic E-state index is 3.35. The van der Waals surface area contributed by atoms with Gasteiger partial charge in [0.2, 0.25) is 0 Å². The molecule has 86 valence electrons. The highest BCUT2D eigenvalue weighted by molar-refractivity contribution is 5.32. The smallest absolute Gasteiger partial charge is 0.0254 e. The van der Waals surface area contributed by atoms with Crippen LogP contribution in [0.3, 0.4) is 0 Å². The lowest BCUT2D eigenvalue weighted by molar-refractivity contribution is 0.294. The monoisotopic (exact) mass is 208 g/mol. The molecule has 1 rings (SSSR count). The SMILES string of the molecule is CCN(CC)Cc1c(C(C)C)c[nH]c1C. The molecule has 0 spiro atoms. The molecule has 1 heterocycles. The van der Waals surface area contributed by atoms with Crippen LogP contribution in [0.2, 0.25) is 0 Å². The molecular weight excluding hydrogens is 184 g/mol. The van der Waals surface area contributed by atoms with Gasteiger partial charge < -0.3 is 4.98 Å². The molecule has 0 radical (unpaired) electrons. The molecule has 0 unspecified atom stereocenters. The highest BCUT2D eigenvalue weighted by Crippen LogP contribution is 2.23. The number of nitrogens with one attached hydrogen (secondary N) is 1. The minimum atomic E-state index is 0.612. The van der Waals surface area contributed by atoms with Crippen molar-refractivity contribution in [3.63, 3.8) is 0 Å². The van der Waals surface area contributed by atoms with Gasteiger partial charge in [-0.15, -0.1) is 0 Å². The van der Waals surface area contributed by atoms with Gasteiger partial charge in [0.1, 0.15) is 0 Å². The zero-order chi connectivity index (χ0) is 11.4. The van der Waals surface area contributed by atoms with Crippen LogP contribution < -0.4 is 0 Å². The molecule has 0 saturated heterocycles. The molecule has 0 aliphatic rings. The van der Waals surface area contributed by atoms with Gasteiger partial charge in [0.15, 0.2) is 0 Å². The standard InChI is InChI=1S/C13H24N2/c1-6-15(7-2)9-13-11(5)14-8-12(13)10(3)4/h8,10,14H,6-7,9H2,1-5H3. The number of H-pyrrole nitrogens is 1. The van der Waals surface area contributed by atoms with Crippen LogP contribution in [0.25, 0.3) is 0 Å². The molecule has 1 N–H and O–H groups in total. The molecule has 1 aromatic heterocycles. The molecular formula is C13H24N2. The molecule has 0 aromatic carbocycles. The first-order chi connectivity index (χ1) is 7.10. The van der Waals surface area contributed by atoms with E-state index in [1.807, 2.05) is 0 Å².